The lowest BCUT2D eigenvalue weighted by atomic mass is 9.90. The van der Waals surface area contributed by atoms with Gasteiger partial charge >= 0.3 is 0 Å². The first-order valence-corrected chi connectivity index (χ1v) is 7.84. The SMILES string of the molecule is Cn1cc([C@H]2CN(c3ccnc4c3cnn4C)C[C@@H]2C(N)=O)cn1. The van der Waals surface area contributed by atoms with Gasteiger partial charge in [0.25, 0.3) is 0 Å². The number of hydrogen-bond donors (Lipinski definition) is 1. The van der Waals surface area contributed by atoms with E-state index in [9.17, 15) is 4.79 Å². The quantitative estimate of drug-likeness (QED) is 0.752. The molecule has 1 saturated heterocycles. The van der Waals surface area contributed by atoms with Gasteiger partial charge in [-0.15, -0.1) is 0 Å². The fraction of sp³-hybridized carbons (Fsp3) is 0.375. The molecule has 8 heteroatoms. The smallest absolute Gasteiger partial charge is 0.223 e. The van der Waals surface area contributed by atoms with Gasteiger partial charge in [0.15, 0.2) is 5.65 Å². The number of aromatic nitrogens is 5. The summed E-state index contributed by atoms with van der Waals surface area (Å²) in [6.07, 6.45) is 7.36. The van der Waals surface area contributed by atoms with Crippen molar-refractivity contribution in [2.45, 2.75) is 5.92 Å². The van der Waals surface area contributed by atoms with E-state index in [4.69, 9.17) is 5.73 Å². The number of fused-ring (bicyclic) bond motifs is 1. The minimum absolute atomic E-state index is 0.0380. The van der Waals surface area contributed by atoms with E-state index in [1.165, 1.54) is 0 Å². The van der Waals surface area contributed by atoms with E-state index < -0.39 is 0 Å². The van der Waals surface area contributed by atoms with Crippen LogP contribution in [0.25, 0.3) is 11.0 Å². The van der Waals surface area contributed by atoms with E-state index in [0.717, 1.165) is 22.3 Å². The third-order valence-electron chi connectivity index (χ3n) is 4.79. The summed E-state index contributed by atoms with van der Waals surface area (Å²) in [5.74, 6) is -0.479. The predicted molar refractivity (Wildman–Crippen MR) is 89.4 cm³/mol. The Morgan fingerprint density at radius 2 is 2.08 bits per heavy atom. The van der Waals surface area contributed by atoms with Crippen LogP contribution < -0.4 is 10.6 Å². The number of anilines is 1. The molecular weight excluding hydrogens is 306 g/mol. The van der Waals surface area contributed by atoms with Crippen molar-refractivity contribution in [3.05, 3.63) is 36.4 Å². The van der Waals surface area contributed by atoms with Crippen molar-refractivity contribution in [1.29, 1.82) is 0 Å². The van der Waals surface area contributed by atoms with Crippen LogP contribution in [0, 0.1) is 5.92 Å². The van der Waals surface area contributed by atoms with E-state index in [-0.39, 0.29) is 17.7 Å². The minimum atomic E-state index is -0.275. The third kappa shape index (κ3) is 2.22. The molecule has 0 saturated carbocycles. The zero-order chi connectivity index (χ0) is 16.8. The van der Waals surface area contributed by atoms with Gasteiger partial charge in [-0.1, -0.05) is 0 Å². The highest BCUT2D eigenvalue weighted by Crippen LogP contribution is 2.37. The number of amides is 1. The summed E-state index contributed by atoms with van der Waals surface area (Å²) in [5, 5.41) is 9.50. The van der Waals surface area contributed by atoms with Crippen molar-refractivity contribution in [2.75, 3.05) is 18.0 Å². The molecule has 1 aliphatic heterocycles. The van der Waals surface area contributed by atoms with Crippen LogP contribution in [0.2, 0.25) is 0 Å². The van der Waals surface area contributed by atoms with E-state index in [1.807, 2.05) is 38.8 Å². The molecule has 4 rings (SSSR count). The second kappa shape index (κ2) is 5.33. The number of carbonyl (C=O) groups is 1. The van der Waals surface area contributed by atoms with E-state index in [1.54, 1.807) is 15.6 Å². The van der Waals surface area contributed by atoms with Gasteiger partial charge in [-0.05, 0) is 11.6 Å². The summed E-state index contributed by atoms with van der Waals surface area (Å²) in [6.45, 7) is 1.30. The Morgan fingerprint density at radius 1 is 1.25 bits per heavy atom. The molecular formula is C16H19N7O. The first kappa shape index (κ1) is 14.7. The van der Waals surface area contributed by atoms with Crippen LogP contribution >= 0.6 is 0 Å². The molecule has 0 aliphatic carbocycles. The fourth-order valence-corrected chi connectivity index (χ4v) is 3.57. The van der Waals surface area contributed by atoms with Crippen molar-refractivity contribution in [3.8, 4) is 0 Å². The summed E-state index contributed by atoms with van der Waals surface area (Å²) in [7, 11) is 3.74. The number of aryl methyl sites for hydroxylation is 2. The largest absolute Gasteiger partial charge is 0.369 e. The van der Waals surface area contributed by atoms with Crippen LogP contribution in [0.1, 0.15) is 11.5 Å². The highest BCUT2D eigenvalue weighted by molar-refractivity contribution is 5.90. The topological polar surface area (TPSA) is 94.9 Å². The summed E-state index contributed by atoms with van der Waals surface area (Å²) in [4.78, 5) is 18.5. The summed E-state index contributed by atoms with van der Waals surface area (Å²) >= 11 is 0. The predicted octanol–water partition coefficient (Wildman–Crippen LogP) is 0.407. The van der Waals surface area contributed by atoms with Crippen LogP contribution in [0.3, 0.4) is 0 Å². The van der Waals surface area contributed by atoms with Gasteiger partial charge in [0.1, 0.15) is 0 Å². The maximum Gasteiger partial charge on any atom is 0.223 e. The molecule has 2 atom stereocenters. The number of hydrogen-bond acceptors (Lipinski definition) is 5. The molecule has 3 aromatic rings. The average Bonchev–Trinajstić information content (AvgIpc) is 3.25. The number of nitrogens with zero attached hydrogens (tertiary/aromatic N) is 6. The Kier molecular flexibility index (Phi) is 3.26. The molecule has 0 unspecified atom stereocenters. The Balaban J connectivity index is 1.73. The Morgan fingerprint density at radius 3 is 2.79 bits per heavy atom. The highest BCUT2D eigenvalue weighted by Gasteiger charge is 2.38. The normalized spacial score (nSPS) is 20.8. The van der Waals surface area contributed by atoms with Gasteiger partial charge in [0, 0.05) is 45.5 Å². The van der Waals surface area contributed by atoms with Crippen molar-refractivity contribution in [1.82, 2.24) is 24.5 Å². The number of primary amides is 1. The second-order valence-corrected chi connectivity index (χ2v) is 6.30. The standard InChI is InChI=1S/C16H19N7O/c1-21-7-10(5-19-21)12-8-23(9-13(12)15(17)24)14-3-4-18-16-11(14)6-20-22(16)2/h3-7,12-13H,8-9H2,1-2H3,(H2,17,24)/t12-,13+/m1/s1. The van der Waals surface area contributed by atoms with Gasteiger partial charge in [-0.25, -0.2) is 4.98 Å². The van der Waals surface area contributed by atoms with Gasteiger partial charge < -0.3 is 10.6 Å². The molecule has 0 spiro atoms. The zero-order valence-electron chi connectivity index (χ0n) is 13.6. The Hall–Kier alpha value is -2.90. The second-order valence-electron chi connectivity index (χ2n) is 6.30. The molecule has 0 bridgehead atoms. The Labute approximate surface area is 138 Å². The fourth-order valence-electron chi connectivity index (χ4n) is 3.57. The van der Waals surface area contributed by atoms with Crippen LogP contribution in [-0.4, -0.2) is 43.5 Å². The van der Waals surface area contributed by atoms with Crippen LogP contribution in [0.5, 0.6) is 0 Å². The maximum absolute atomic E-state index is 12.0. The Bertz CT molecular complexity index is 912. The van der Waals surface area contributed by atoms with E-state index in [2.05, 4.69) is 20.1 Å². The van der Waals surface area contributed by atoms with Gasteiger partial charge in [0.2, 0.25) is 5.91 Å². The summed E-state index contributed by atoms with van der Waals surface area (Å²) in [5.41, 5.74) is 8.57. The van der Waals surface area contributed by atoms with Crippen molar-refractivity contribution in [2.24, 2.45) is 25.7 Å². The summed E-state index contributed by atoms with van der Waals surface area (Å²) in [6, 6.07) is 1.97. The van der Waals surface area contributed by atoms with E-state index in [0.29, 0.717) is 13.1 Å². The lowest BCUT2D eigenvalue weighted by Crippen LogP contribution is -2.29. The van der Waals surface area contributed by atoms with Gasteiger partial charge in [-0.3, -0.25) is 14.2 Å². The zero-order valence-corrected chi connectivity index (χ0v) is 13.6. The number of nitrogens with two attached hydrogens (primary N) is 1. The molecule has 1 amide bonds. The molecule has 4 heterocycles. The molecule has 2 N–H and O–H groups in total. The lowest BCUT2D eigenvalue weighted by molar-refractivity contribution is -0.121. The molecule has 8 nitrogen and oxygen atoms in total. The third-order valence-corrected chi connectivity index (χ3v) is 4.79. The number of rotatable bonds is 3. The van der Waals surface area contributed by atoms with Crippen molar-refractivity contribution >= 4 is 22.6 Å². The van der Waals surface area contributed by atoms with Crippen molar-refractivity contribution in [3.63, 3.8) is 0 Å². The molecule has 0 aromatic carbocycles. The molecule has 0 radical (unpaired) electrons. The van der Waals surface area contributed by atoms with Gasteiger partial charge in [0.05, 0.1) is 29.4 Å². The molecule has 1 fully saturated rings. The van der Waals surface area contributed by atoms with Crippen molar-refractivity contribution < 1.29 is 4.79 Å². The molecule has 1 aliphatic rings. The van der Waals surface area contributed by atoms with Crippen LogP contribution in [0.15, 0.2) is 30.9 Å². The van der Waals surface area contributed by atoms with Crippen LogP contribution in [-0.2, 0) is 18.9 Å². The minimum Gasteiger partial charge on any atom is -0.369 e. The lowest BCUT2D eigenvalue weighted by Gasteiger charge is -2.19. The van der Waals surface area contributed by atoms with Gasteiger partial charge in [-0.2, -0.15) is 10.2 Å². The van der Waals surface area contributed by atoms with Crippen LogP contribution in [0.4, 0.5) is 5.69 Å². The molecule has 124 valence electrons. The highest BCUT2D eigenvalue weighted by atomic mass is 16.1. The first-order chi connectivity index (χ1) is 11.5. The van der Waals surface area contributed by atoms with E-state index >= 15 is 0 Å². The molecule has 24 heavy (non-hydrogen) atoms. The monoisotopic (exact) mass is 325 g/mol. The number of carbonyl (C=O) groups excluding carboxylic acids is 1. The maximum atomic E-state index is 12.0. The summed E-state index contributed by atoms with van der Waals surface area (Å²) < 4.78 is 3.50. The average molecular weight is 325 g/mol. The first-order valence-electron chi connectivity index (χ1n) is 7.84. The molecule has 3 aromatic heterocycles. The number of pyridine rings is 1.